The summed E-state index contributed by atoms with van der Waals surface area (Å²) in [5.74, 6) is -0.0981. The number of carbonyl (C=O) groups excluding carboxylic acids is 2. The summed E-state index contributed by atoms with van der Waals surface area (Å²) in [4.78, 5) is 29.4. The second-order valence-corrected chi connectivity index (χ2v) is 5.88. The molecule has 0 aromatic heterocycles. The summed E-state index contributed by atoms with van der Waals surface area (Å²) in [5.41, 5.74) is 2.50. The van der Waals surface area contributed by atoms with Crippen molar-refractivity contribution in [3.63, 3.8) is 0 Å². The number of carbonyl (C=O) groups is 2. The lowest BCUT2D eigenvalue weighted by Gasteiger charge is -2.36. The van der Waals surface area contributed by atoms with Gasteiger partial charge >= 0.3 is 6.03 Å². The van der Waals surface area contributed by atoms with Crippen LogP contribution in [0, 0.1) is 6.92 Å². The molecule has 0 saturated carbocycles. The van der Waals surface area contributed by atoms with E-state index in [1.54, 1.807) is 0 Å². The molecule has 2 saturated heterocycles. The van der Waals surface area contributed by atoms with E-state index in [0.29, 0.717) is 19.6 Å². The Balaban J connectivity index is 1.51. The highest BCUT2D eigenvalue weighted by molar-refractivity contribution is 5.96. The van der Waals surface area contributed by atoms with Gasteiger partial charge in [-0.3, -0.25) is 14.6 Å². The van der Waals surface area contributed by atoms with Crippen LogP contribution in [0.1, 0.15) is 5.56 Å². The van der Waals surface area contributed by atoms with Crippen LogP contribution in [0.4, 0.5) is 10.5 Å². The SMILES string of the molecule is Cc1cccc(N2CCN(CC(=O)N3CCNC3=O)CC2)c1. The van der Waals surface area contributed by atoms with Crippen molar-refractivity contribution < 1.29 is 9.59 Å². The molecule has 2 aliphatic rings. The molecular formula is C16H22N4O2. The number of aryl methyl sites for hydroxylation is 1. The van der Waals surface area contributed by atoms with Crippen LogP contribution < -0.4 is 10.2 Å². The zero-order chi connectivity index (χ0) is 15.5. The number of urea groups is 1. The molecule has 2 fully saturated rings. The molecule has 6 nitrogen and oxygen atoms in total. The lowest BCUT2D eigenvalue weighted by atomic mass is 10.2. The molecule has 118 valence electrons. The Morgan fingerprint density at radius 3 is 2.59 bits per heavy atom. The van der Waals surface area contributed by atoms with E-state index in [-0.39, 0.29) is 11.9 Å². The van der Waals surface area contributed by atoms with Gasteiger partial charge in [0.1, 0.15) is 0 Å². The third kappa shape index (κ3) is 3.22. The molecule has 3 rings (SSSR count). The average molecular weight is 302 g/mol. The van der Waals surface area contributed by atoms with Crippen LogP contribution in [0.25, 0.3) is 0 Å². The number of piperazine rings is 1. The first-order chi connectivity index (χ1) is 10.6. The molecule has 0 unspecified atom stereocenters. The summed E-state index contributed by atoms with van der Waals surface area (Å²) < 4.78 is 0. The van der Waals surface area contributed by atoms with Crippen LogP contribution in [0.5, 0.6) is 0 Å². The number of benzene rings is 1. The third-order valence-corrected chi connectivity index (χ3v) is 4.26. The number of hydrogen-bond acceptors (Lipinski definition) is 4. The van der Waals surface area contributed by atoms with Gasteiger partial charge < -0.3 is 10.2 Å². The van der Waals surface area contributed by atoms with Gasteiger partial charge in [-0.25, -0.2) is 4.79 Å². The number of nitrogens with one attached hydrogen (secondary N) is 1. The zero-order valence-corrected chi connectivity index (χ0v) is 12.9. The lowest BCUT2D eigenvalue weighted by Crippen LogP contribution is -2.50. The van der Waals surface area contributed by atoms with Crippen molar-refractivity contribution >= 4 is 17.6 Å². The van der Waals surface area contributed by atoms with Gasteiger partial charge in [-0.2, -0.15) is 0 Å². The van der Waals surface area contributed by atoms with Crippen LogP contribution in [0.2, 0.25) is 0 Å². The monoisotopic (exact) mass is 302 g/mol. The average Bonchev–Trinajstić information content (AvgIpc) is 2.94. The van der Waals surface area contributed by atoms with Gasteiger partial charge in [-0.1, -0.05) is 12.1 Å². The number of nitrogens with zero attached hydrogens (tertiary/aromatic N) is 3. The Bertz CT molecular complexity index is 567. The fraction of sp³-hybridized carbons (Fsp3) is 0.500. The molecule has 1 aromatic carbocycles. The number of amides is 3. The van der Waals surface area contributed by atoms with Gasteiger partial charge in [-0.05, 0) is 24.6 Å². The topological polar surface area (TPSA) is 55.9 Å². The van der Waals surface area contributed by atoms with Crippen molar-refractivity contribution in [2.45, 2.75) is 6.92 Å². The van der Waals surface area contributed by atoms with E-state index in [1.807, 2.05) is 0 Å². The van der Waals surface area contributed by atoms with E-state index in [0.717, 1.165) is 26.2 Å². The molecule has 0 spiro atoms. The van der Waals surface area contributed by atoms with Crippen LogP contribution in [0.3, 0.4) is 0 Å². The van der Waals surface area contributed by atoms with Crippen LogP contribution in [-0.4, -0.2) is 67.6 Å². The van der Waals surface area contributed by atoms with E-state index in [9.17, 15) is 9.59 Å². The standard InChI is InChI=1S/C16H22N4O2/c1-13-3-2-4-14(11-13)19-9-7-18(8-10-19)12-15(21)20-6-5-17-16(20)22/h2-4,11H,5-10,12H2,1H3,(H,17,22). The van der Waals surface area contributed by atoms with Crippen molar-refractivity contribution in [1.29, 1.82) is 0 Å². The molecule has 1 aromatic rings. The van der Waals surface area contributed by atoms with Crippen molar-refractivity contribution in [1.82, 2.24) is 15.1 Å². The normalized spacial score (nSPS) is 19.4. The molecule has 3 amide bonds. The largest absolute Gasteiger partial charge is 0.369 e. The Hall–Kier alpha value is -2.08. The highest BCUT2D eigenvalue weighted by Gasteiger charge is 2.28. The minimum absolute atomic E-state index is 0.0981. The molecule has 22 heavy (non-hydrogen) atoms. The number of rotatable bonds is 3. The lowest BCUT2D eigenvalue weighted by molar-refractivity contribution is -0.128. The summed E-state index contributed by atoms with van der Waals surface area (Å²) in [6, 6.07) is 8.23. The summed E-state index contributed by atoms with van der Waals surface area (Å²) in [6.07, 6.45) is 0. The van der Waals surface area contributed by atoms with Crippen LogP contribution in [0.15, 0.2) is 24.3 Å². The molecule has 0 radical (unpaired) electrons. The maximum absolute atomic E-state index is 12.1. The molecule has 2 aliphatic heterocycles. The molecule has 1 N–H and O–H groups in total. The van der Waals surface area contributed by atoms with Gasteiger partial charge in [0, 0.05) is 45.0 Å². The number of anilines is 1. The highest BCUT2D eigenvalue weighted by Crippen LogP contribution is 2.17. The highest BCUT2D eigenvalue weighted by atomic mass is 16.2. The molecule has 0 bridgehead atoms. The maximum Gasteiger partial charge on any atom is 0.324 e. The van der Waals surface area contributed by atoms with E-state index >= 15 is 0 Å². The second-order valence-electron chi connectivity index (χ2n) is 5.88. The summed E-state index contributed by atoms with van der Waals surface area (Å²) in [5, 5.41) is 2.66. The maximum atomic E-state index is 12.1. The van der Waals surface area contributed by atoms with Gasteiger partial charge in [-0.15, -0.1) is 0 Å². The Morgan fingerprint density at radius 1 is 1.18 bits per heavy atom. The first-order valence-corrected chi connectivity index (χ1v) is 7.75. The van der Waals surface area contributed by atoms with Crippen molar-refractivity contribution in [2.24, 2.45) is 0 Å². The van der Waals surface area contributed by atoms with Crippen molar-refractivity contribution in [3.05, 3.63) is 29.8 Å². The quantitative estimate of drug-likeness (QED) is 0.891. The molecule has 2 heterocycles. The van der Waals surface area contributed by atoms with Crippen LogP contribution >= 0.6 is 0 Å². The van der Waals surface area contributed by atoms with E-state index in [4.69, 9.17) is 0 Å². The Labute approximate surface area is 130 Å². The van der Waals surface area contributed by atoms with E-state index in [1.165, 1.54) is 16.2 Å². The fourth-order valence-corrected chi connectivity index (χ4v) is 2.98. The van der Waals surface area contributed by atoms with Crippen molar-refractivity contribution in [2.75, 3.05) is 50.7 Å². The zero-order valence-electron chi connectivity index (χ0n) is 12.9. The minimum atomic E-state index is -0.261. The predicted octanol–water partition coefficient (Wildman–Crippen LogP) is 0.669. The van der Waals surface area contributed by atoms with E-state index in [2.05, 4.69) is 46.3 Å². The summed E-state index contributed by atoms with van der Waals surface area (Å²) in [6.45, 7) is 6.97. The van der Waals surface area contributed by atoms with Crippen molar-refractivity contribution in [3.8, 4) is 0 Å². The smallest absolute Gasteiger partial charge is 0.324 e. The van der Waals surface area contributed by atoms with Gasteiger partial charge in [0.15, 0.2) is 0 Å². The molecule has 6 heteroatoms. The Morgan fingerprint density at radius 2 is 1.95 bits per heavy atom. The third-order valence-electron chi connectivity index (χ3n) is 4.26. The molecular weight excluding hydrogens is 280 g/mol. The second kappa shape index (κ2) is 6.36. The molecule has 0 atom stereocenters. The number of imide groups is 1. The van der Waals surface area contributed by atoms with Gasteiger partial charge in [0.25, 0.3) is 0 Å². The van der Waals surface area contributed by atoms with E-state index < -0.39 is 0 Å². The first-order valence-electron chi connectivity index (χ1n) is 7.75. The Kier molecular flexibility index (Phi) is 4.29. The van der Waals surface area contributed by atoms with Gasteiger partial charge in [0.05, 0.1) is 6.54 Å². The summed E-state index contributed by atoms with van der Waals surface area (Å²) in [7, 11) is 0. The fourth-order valence-electron chi connectivity index (χ4n) is 2.98. The first kappa shape index (κ1) is 14.8. The van der Waals surface area contributed by atoms with Gasteiger partial charge in [0.2, 0.25) is 5.91 Å². The summed E-state index contributed by atoms with van der Waals surface area (Å²) >= 11 is 0. The predicted molar refractivity (Wildman–Crippen MR) is 84.9 cm³/mol. The number of hydrogen-bond donors (Lipinski definition) is 1. The minimum Gasteiger partial charge on any atom is -0.369 e. The van der Waals surface area contributed by atoms with Crippen LogP contribution in [-0.2, 0) is 4.79 Å². The molecule has 0 aliphatic carbocycles.